The molecule has 1 fully saturated rings. The average molecular weight is 277 g/mol. The Hall–Kier alpha value is -0.480. The van der Waals surface area contributed by atoms with Gasteiger partial charge in [-0.05, 0) is 17.7 Å². The number of nitrogens with zero attached hydrogens (tertiary/aromatic N) is 1. The van der Waals surface area contributed by atoms with Gasteiger partial charge in [0.15, 0.2) is 0 Å². The summed E-state index contributed by atoms with van der Waals surface area (Å²) in [6.07, 6.45) is 0. The molecule has 1 aliphatic rings. The van der Waals surface area contributed by atoms with Gasteiger partial charge in [-0.25, -0.2) is 0 Å². The third kappa shape index (κ3) is 3.49. The molecule has 3 nitrogen and oxygen atoms in total. The molecule has 0 amide bonds. The third-order valence-electron chi connectivity index (χ3n) is 2.80. The maximum absolute atomic E-state index is 6.28. The van der Waals surface area contributed by atoms with Crippen molar-refractivity contribution in [1.29, 1.82) is 0 Å². The maximum Gasteiger partial charge on any atom is 0.0662 e. The highest BCUT2D eigenvalue weighted by molar-refractivity contribution is 6.31. The lowest BCUT2D eigenvalue weighted by Crippen LogP contribution is -2.34. The lowest BCUT2D eigenvalue weighted by molar-refractivity contribution is 0.0769. The molecule has 0 unspecified atom stereocenters. The minimum Gasteiger partial charge on any atom is -0.378 e. The van der Waals surface area contributed by atoms with Gasteiger partial charge in [-0.2, -0.15) is 0 Å². The van der Waals surface area contributed by atoms with Crippen LogP contribution in [0.25, 0.3) is 0 Å². The number of morpholine rings is 1. The zero-order valence-electron chi connectivity index (χ0n) is 10.1. The second kappa shape index (κ2) is 6.45. The highest BCUT2D eigenvalue weighted by Crippen LogP contribution is 2.28. The summed E-state index contributed by atoms with van der Waals surface area (Å²) < 4.78 is 5.44. The molecule has 1 aromatic carbocycles. The Balaban J connectivity index is 0.00000144. The number of benzene rings is 1. The zero-order valence-corrected chi connectivity index (χ0v) is 11.6. The molecular weight excluding hydrogens is 259 g/mol. The van der Waals surface area contributed by atoms with Crippen LogP contribution in [0.3, 0.4) is 0 Å². The third-order valence-corrected chi connectivity index (χ3v) is 3.12. The highest BCUT2D eigenvalue weighted by atomic mass is 35.5. The van der Waals surface area contributed by atoms with Crippen molar-refractivity contribution >= 4 is 29.7 Å². The predicted molar refractivity (Wildman–Crippen MR) is 74.6 cm³/mol. The normalized spacial score (nSPS) is 19.6. The largest absolute Gasteiger partial charge is 0.378 e. The molecule has 17 heavy (non-hydrogen) atoms. The SMILES string of the molecule is CN(C)c1ccc([C@H]2COCCN2)c(Cl)c1.Cl. The second-order valence-corrected chi connectivity index (χ2v) is 4.59. The Morgan fingerprint density at radius 3 is 2.71 bits per heavy atom. The Kier molecular flexibility index (Phi) is 5.53. The molecule has 1 N–H and O–H groups in total. The van der Waals surface area contributed by atoms with Crippen LogP contribution in [0.2, 0.25) is 5.02 Å². The first-order chi connectivity index (χ1) is 7.68. The van der Waals surface area contributed by atoms with Gasteiger partial charge in [-0.3, -0.25) is 0 Å². The number of nitrogens with one attached hydrogen (secondary N) is 1. The first-order valence-electron chi connectivity index (χ1n) is 5.46. The van der Waals surface area contributed by atoms with Crippen molar-refractivity contribution < 1.29 is 4.74 Å². The molecular formula is C12H18Cl2N2O. The molecule has 0 bridgehead atoms. The quantitative estimate of drug-likeness (QED) is 0.898. The Bertz CT molecular complexity index is 366. The van der Waals surface area contributed by atoms with Gasteiger partial charge < -0.3 is 15.0 Å². The summed E-state index contributed by atoms with van der Waals surface area (Å²) in [6, 6.07) is 6.37. The molecule has 0 radical (unpaired) electrons. The van der Waals surface area contributed by atoms with Crippen molar-refractivity contribution in [2.24, 2.45) is 0 Å². The predicted octanol–water partition coefficient (Wildman–Crippen LogP) is 2.49. The number of rotatable bonds is 2. The van der Waals surface area contributed by atoms with Crippen LogP contribution >= 0.6 is 24.0 Å². The van der Waals surface area contributed by atoms with Gasteiger partial charge in [0, 0.05) is 31.4 Å². The summed E-state index contributed by atoms with van der Waals surface area (Å²) in [4.78, 5) is 2.04. The van der Waals surface area contributed by atoms with Gasteiger partial charge in [0.2, 0.25) is 0 Å². The highest BCUT2D eigenvalue weighted by Gasteiger charge is 2.18. The van der Waals surface area contributed by atoms with Crippen LogP contribution in [-0.4, -0.2) is 33.9 Å². The van der Waals surface area contributed by atoms with Gasteiger partial charge in [-0.15, -0.1) is 12.4 Å². The standard InChI is InChI=1S/C12H17ClN2O.ClH/c1-15(2)9-3-4-10(11(13)7-9)12-8-16-6-5-14-12;/h3-4,7,12,14H,5-6,8H2,1-2H3;1H/t12-;/m1./s1. The summed E-state index contributed by atoms with van der Waals surface area (Å²) >= 11 is 6.28. The zero-order chi connectivity index (χ0) is 11.5. The first kappa shape index (κ1) is 14.6. The van der Waals surface area contributed by atoms with E-state index < -0.39 is 0 Å². The molecule has 1 aromatic rings. The van der Waals surface area contributed by atoms with E-state index in [1.165, 1.54) is 0 Å². The lowest BCUT2D eigenvalue weighted by Gasteiger charge is -2.25. The average Bonchev–Trinajstić information content (AvgIpc) is 2.30. The molecule has 96 valence electrons. The van der Waals surface area contributed by atoms with E-state index in [0.717, 1.165) is 29.4 Å². The van der Waals surface area contributed by atoms with Gasteiger partial charge in [-0.1, -0.05) is 17.7 Å². The van der Waals surface area contributed by atoms with E-state index in [0.29, 0.717) is 6.61 Å². The summed E-state index contributed by atoms with van der Waals surface area (Å²) in [7, 11) is 4.01. The lowest BCUT2D eigenvalue weighted by atomic mass is 10.1. The molecule has 1 heterocycles. The van der Waals surface area contributed by atoms with Crippen molar-refractivity contribution in [2.75, 3.05) is 38.8 Å². The van der Waals surface area contributed by atoms with Crippen LogP contribution in [-0.2, 0) is 4.74 Å². The fraction of sp³-hybridized carbons (Fsp3) is 0.500. The van der Waals surface area contributed by atoms with Crippen LogP contribution < -0.4 is 10.2 Å². The minimum absolute atomic E-state index is 0. The Morgan fingerprint density at radius 1 is 1.41 bits per heavy atom. The van der Waals surface area contributed by atoms with Gasteiger partial charge >= 0.3 is 0 Å². The summed E-state index contributed by atoms with van der Waals surface area (Å²) in [5.41, 5.74) is 2.23. The van der Waals surface area contributed by atoms with Crippen molar-refractivity contribution in [2.45, 2.75) is 6.04 Å². The van der Waals surface area contributed by atoms with Gasteiger partial charge in [0.25, 0.3) is 0 Å². The van der Waals surface area contributed by atoms with Gasteiger partial charge in [0.1, 0.15) is 0 Å². The minimum atomic E-state index is 0. The Labute approximate surface area is 113 Å². The molecule has 2 rings (SSSR count). The molecule has 1 atom stereocenters. The van der Waals surface area contributed by atoms with Crippen molar-refractivity contribution in [3.05, 3.63) is 28.8 Å². The van der Waals surface area contributed by atoms with Crippen LogP contribution in [0.5, 0.6) is 0 Å². The van der Waals surface area contributed by atoms with Crippen LogP contribution in [0.1, 0.15) is 11.6 Å². The number of ether oxygens (including phenoxy) is 1. The maximum atomic E-state index is 6.28. The smallest absolute Gasteiger partial charge is 0.0662 e. The molecule has 5 heteroatoms. The molecule has 0 saturated carbocycles. The fourth-order valence-corrected chi connectivity index (χ4v) is 2.15. The van der Waals surface area contributed by atoms with E-state index in [9.17, 15) is 0 Å². The number of hydrogen-bond donors (Lipinski definition) is 1. The van der Waals surface area contributed by atoms with Crippen molar-refractivity contribution in [1.82, 2.24) is 5.32 Å². The molecule has 0 aromatic heterocycles. The van der Waals surface area contributed by atoms with E-state index in [1.54, 1.807) is 0 Å². The monoisotopic (exact) mass is 276 g/mol. The Morgan fingerprint density at radius 2 is 2.18 bits per heavy atom. The van der Waals surface area contributed by atoms with Crippen molar-refractivity contribution in [3.8, 4) is 0 Å². The van der Waals surface area contributed by atoms with E-state index in [-0.39, 0.29) is 18.4 Å². The molecule has 1 saturated heterocycles. The van der Waals surface area contributed by atoms with Crippen LogP contribution in [0, 0.1) is 0 Å². The van der Waals surface area contributed by atoms with Crippen LogP contribution in [0.4, 0.5) is 5.69 Å². The summed E-state index contributed by atoms with van der Waals surface area (Å²) in [5.74, 6) is 0. The summed E-state index contributed by atoms with van der Waals surface area (Å²) in [6.45, 7) is 2.36. The molecule has 1 aliphatic heterocycles. The van der Waals surface area contributed by atoms with E-state index >= 15 is 0 Å². The van der Waals surface area contributed by atoms with E-state index in [1.807, 2.05) is 25.1 Å². The van der Waals surface area contributed by atoms with Crippen molar-refractivity contribution in [3.63, 3.8) is 0 Å². The molecule has 0 spiro atoms. The number of halogens is 2. The van der Waals surface area contributed by atoms with E-state index in [4.69, 9.17) is 16.3 Å². The topological polar surface area (TPSA) is 24.5 Å². The number of anilines is 1. The van der Waals surface area contributed by atoms with Gasteiger partial charge in [0.05, 0.1) is 19.3 Å². The fourth-order valence-electron chi connectivity index (χ4n) is 1.84. The summed E-state index contributed by atoms with van der Waals surface area (Å²) in [5, 5.41) is 4.20. The first-order valence-corrected chi connectivity index (χ1v) is 5.84. The second-order valence-electron chi connectivity index (χ2n) is 4.18. The molecule has 0 aliphatic carbocycles. The van der Waals surface area contributed by atoms with Crippen LogP contribution in [0.15, 0.2) is 18.2 Å². The number of hydrogen-bond acceptors (Lipinski definition) is 3. The van der Waals surface area contributed by atoms with E-state index in [2.05, 4.69) is 17.4 Å².